The van der Waals surface area contributed by atoms with Crippen LogP contribution in [0.3, 0.4) is 0 Å². The Hall–Kier alpha value is 0.558. The Bertz CT molecular complexity index is 82.7. The van der Waals surface area contributed by atoms with Gasteiger partial charge in [-0.1, -0.05) is 0 Å². The average molecular weight is 202 g/mol. The first-order valence-corrected chi connectivity index (χ1v) is 9.52. The minimum atomic E-state index is -0.302. The van der Waals surface area contributed by atoms with Crippen LogP contribution in [-0.2, 0) is 0 Å². The molecule has 0 amide bonds. The molecule has 0 aromatic rings. The van der Waals surface area contributed by atoms with E-state index in [2.05, 4.69) is 11.4 Å². The van der Waals surface area contributed by atoms with Crippen molar-refractivity contribution in [2.45, 2.75) is 48.7 Å². The first-order valence-electron chi connectivity index (χ1n) is 4.44. The van der Waals surface area contributed by atoms with Crippen molar-refractivity contribution in [2.75, 3.05) is 0 Å². The van der Waals surface area contributed by atoms with Crippen molar-refractivity contribution >= 4 is 14.7 Å². The van der Waals surface area contributed by atoms with Gasteiger partial charge in [-0.3, -0.25) is 0 Å². The summed E-state index contributed by atoms with van der Waals surface area (Å²) in [6.07, 6.45) is 7.65. The van der Waals surface area contributed by atoms with Crippen molar-refractivity contribution in [2.24, 2.45) is 5.92 Å². The fraction of sp³-hybridized carbons (Fsp3) is 1.00. The summed E-state index contributed by atoms with van der Waals surface area (Å²) in [5.41, 5.74) is 4.98. The molecular weight excluding hydrogens is 183 g/mol. The molecule has 0 spiro atoms. The van der Waals surface area contributed by atoms with Crippen LogP contribution in [0.15, 0.2) is 0 Å². The van der Waals surface area contributed by atoms with E-state index < -0.39 is 0 Å². The molecule has 0 unspecified atom stereocenters. The molecule has 0 saturated heterocycles. The zero-order valence-corrected chi connectivity index (χ0v) is 9.14. The van der Waals surface area contributed by atoms with Crippen molar-refractivity contribution in [3.8, 4) is 0 Å². The predicted molar refractivity (Wildman–Crippen MR) is 48.9 cm³/mol. The van der Waals surface area contributed by atoms with Crippen molar-refractivity contribution in [3.05, 3.63) is 0 Å². The van der Waals surface area contributed by atoms with Crippen LogP contribution in [0.4, 0.5) is 0 Å². The van der Waals surface area contributed by atoms with Gasteiger partial charge in [0.15, 0.2) is 0 Å². The number of hydrogen-bond acceptors (Lipinski definition) is 0. The molecule has 60 valence electrons. The van der Waals surface area contributed by atoms with Gasteiger partial charge in [-0.05, 0) is 0 Å². The maximum atomic E-state index is 2.49. The third-order valence-corrected chi connectivity index (χ3v) is 4.96. The molecule has 1 heteroatoms. The molecule has 1 fully saturated rings. The molecule has 0 heterocycles. The molecule has 1 rings (SSSR count). The summed E-state index contributed by atoms with van der Waals surface area (Å²) in [6.45, 7) is 0. The second-order valence-corrected chi connectivity index (χ2v) is 9.06. The molecule has 0 bridgehead atoms. The van der Waals surface area contributed by atoms with Gasteiger partial charge in [-0.25, -0.2) is 0 Å². The second kappa shape index (κ2) is 4.44. The Morgan fingerprint density at radius 3 is 2.20 bits per heavy atom. The summed E-state index contributed by atoms with van der Waals surface area (Å²) in [5, 5.41) is 1.62. The molecule has 0 aromatic heterocycles. The zero-order valence-electron chi connectivity index (χ0n) is 7.27. The third kappa shape index (κ3) is 3.10. The van der Waals surface area contributed by atoms with Gasteiger partial charge in [0.05, 0.1) is 0 Å². The van der Waals surface area contributed by atoms with Gasteiger partial charge in [-0.2, -0.15) is 0 Å². The Balaban J connectivity index is 2.13. The van der Waals surface area contributed by atoms with Gasteiger partial charge >= 0.3 is 69.3 Å². The van der Waals surface area contributed by atoms with E-state index in [1.54, 1.807) is 18.1 Å². The monoisotopic (exact) mass is 202 g/mol. The van der Waals surface area contributed by atoms with Gasteiger partial charge in [0.2, 0.25) is 0 Å². The fourth-order valence-electron chi connectivity index (χ4n) is 1.89. The van der Waals surface area contributed by atoms with Crippen LogP contribution in [0.5, 0.6) is 0 Å². The molecule has 0 nitrogen and oxygen atoms in total. The molecule has 0 aliphatic heterocycles. The molecular formula is C9H19As. The van der Waals surface area contributed by atoms with Gasteiger partial charge in [0, 0.05) is 0 Å². The number of rotatable bonds is 2. The van der Waals surface area contributed by atoms with E-state index in [1.165, 1.54) is 19.3 Å². The van der Waals surface area contributed by atoms with E-state index in [9.17, 15) is 0 Å². The Morgan fingerprint density at radius 1 is 1.10 bits per heavy atom. The van der Waals surface area contributed by atoms with E-state index in [0.717, 1.165) is 5.92 Å². The Morgan fingerprint density at radius 2 is 1.70 bits per heavy atom. The van der Waals surface area contributed by atoms with Gasteiger partial charge in [-0.15, -0.1) is 0 Å². The predicted octanol–water partition coefficient (Wildman–Crippen LogP) is 3.32. The topological polar surface area (TPSA) is 0 Å². The Labute approximate surface area is 69.7 Å². The zero-order chi connectivity index (χ0) is 7.40. The van der Waals surface area contributed by atoms with Crippen LogP contribution in [0, 0.1) is 5.92 Å². The molecule has 1 aliphatic carbocycles. The summed E-state index contributed by atoms with van der Waals surface area (Å²) in [7, 11) is 0. The van der Waals surface area contributed by atoms with Gasteiger partial charge < -0.3 is 0 Å². The van der Waals surface area contributed by atoms with Crippen molar-refractivity contribution in [1.29, 1.82) is 0 Å². The Kier molecular flexibility index (Phi) is 3.84. The van der Waals surface area contributed by atoms with Crippen LogP contribution < -0.4 is 0 Å². The van der Waals surface area contributed by atoms with Crippen LogP contribution in [0.2, 0.25) is 16.6 Å². The summed E-state index contributed by atoms with van der Waals surface area (Å²) >= 11 is -0.302. The average Bonchev–Trinajstić information content (AvgIpc) is 1.88. The fourth-order valence-corrected chi connectivity index (χ4v) is 4.82. The molecule has 0 radical (unpaired) electrons. The van der Waals surface area contributed by atoms with E-state index in [4.69, 9.17) is 0 Å². The molecule has 10 heavy (non-hydrogen) atoms. The molecule has 0 aromatic carbocycles. The SMILES string of the molecule is C[As](C)CC1CCCCC1. The van der Waals surface area contributed by atoms with E-state index in [1.807, 2.05) is 0 Å². The van der Waals surface area contributed by atoms with E-state index in [0.29, 0.717) is 0 Å². The van der Waals surface area contributed by atoms with Crippen LogP contribution in [0.1, 0.15) is 32.1 Å². The summed E-state index contributed by atoms with van der Waals surface area (Å²) in [5.74, 6) is 1.14. The molecule has 1 saturated carbocycles. The van der Waals surface area contributed by atoms with Gasteiger partial charge in [0.1, 0.15) is 0 Å². The van der Waals surface area contributed by atoms with E-state index >= 15 is 0 Å². The second-order valence-electron chi connectivity index (χ2n) is 3.77. The quantitative estimate of drug-likeness (QED) is 0.602. The van der Waals surface area contributed by atoms with Crippen molar-refractivity contribution in [1.82, 2.24) is 0 Å². The number of hydrogen-bond donors (Lipinski definition) is 0. The van der Waals surface area contributed by atoms with E-state index in [-0.39, 0.29) is 14.7 Å². The van der Waals surface area contributed by atoms with Crippen LogP contribution in [-0.4, -0.2) is 14.7 Å². The van der Waals surface area contributed by atoms with Crippen molar-refractivity contribution in [3.63, 3.8) is 0 Å². The first-order chi connectivity index (χ1) is 4.79. The summed E-state index contributed by atoms with van der Waals surface area (Å²) in [4.78, 5) is 0. The van der Waals surface area contributed by atoms with Crippen LogP contribution in [0.25, 0.3) is 0 Å². The molecule has 1 aliphatic rings. The summed E-state index contributed by atoms with van der Waals surface area (Å²) in [6, 6.07) is 0. The molecule has 0 N–H and O–H groups in total. The minimum absolute atomic E-state index is 0.302. The normalized spacial score (nSPS) is 21.9. The molecule has 0 atom stereocenters. The summed E-state index contributed by atoms with van der Waals surface area (Å²) < 4.78 is 0. The van der Waals surface area contributed by atoms with Crippen LogP contribution >= 0.6 is 0 Å². The van der Waals surface area contributed by atoms with Gasteiger partial charge in [0.25, 0.3) is 0 Å². The first kappa shape index (κ1) is 8.65. The third-order valence-electron chi connectivity index (χ3n) is 2.35. The standard InChI is InChI=1S/C9H19As/c1-10(2)8-9-6-4-3-5-7-9/h9H,3-8H2,1-2H3. The maximum absolute atomic E-state index is 2.49. The van der Waals surface area contributed by atoms with Crippen molar-refractivity contribution < 1.29 is 0 Å².